The zero-order chi connectivity index (χ0) is 13.7. The first kappa shape index (κ1) is 14.8. The monoisotopic (exact) mass is 256 g/mol. The van der Waals surface area contributed by atoms with Crippen LogP contribution >= 0.6 is 0 Å². The molecule has 0 aromatic rings. The van der Waals surface area contributed by atoms with Crippen LogP contribution in [0.25, 0.3) is 0 Å². The van der Waals surface area contributed by atoms with Crippen LogP contribution in [0.2, 0.25) is 0 Å². The fourth-order valence-electron chi connectivity index (χ4n) is 2.04. The SMILES string of the molecule is CCC(CNC(=O)N(C)C(C)C1CC1)CC(=O)O. The van der Waals surface area contributed by atoms with Crippen LogP contribution in [0.1, 0.15) is 39.5 Å². The molecule has 1 fully saturated rings. The van der Waals surface area contributed by atoms with Crippen molar-refractivity contribution in [3.8, 4) is 0 Å². The van der Waals surface area contributed by atoms with Crippen LogP contribution in [0.3, 0.4) is 0 Å². The van der Waals surface area contributed by atoms with Crippen molar-refractivity contribution in [2.45, 2.75) is 45.6 Å². The molecule has 0 saturated heterocycles. The minimum Gasteiger partial charge on any atom is -0.481 e. The van der Waals surface area contributed by atoms with Gasteiger partial charge in [0, 0.05) is 26.1 Å². The molecule has 0 aromatic heterocycles. The number of urea groups is 1. The molecule has 104 valence electrons. The Balaban J connectivity index is 2.31. The quantitative estimate of drug-likeness (QED) is 0.731. The smallest absolute Gasteiger partial charge is 0.317 e. The van der Waals surface area contributed by atoms with E-state index in [1.54, 1.807) is 11.9 Å². The Morgan fingerprint density at radius 1 is 1.44 bits per heavy atom. The maximum absolute atomic E-state index is 11.9. The first-order chi connectivity index (χ1) is 8.45. The van der Waals surface area contributed by atoms with E-state index in [2.05, 4.69) is 12.2 Å². The number of nitrogens with zero attached hydrogens (tertiary/aromatic N) is 1. The summed E-state index contributed by atoms with van der Waals surface area (Å²) in [6.45, 7) is 4.44. The fourth-order valence-corrected chi connectivity index (χ4v) is 2.04. The number of hydrogen-bond acceptors (Lipinski definition) is 2. The number of rotatable bonds is 7. The van der Waals surface area contributed by atoms with Crippen LogP contribution < -0.4 is 5.32 Å². The molecule has 0 spiro atoms. The van der Waals surface area contributed by atoms with E-state index in [9.17, 15) is 9.59 Å². The Hall–Kier alpha value is -1.26. The normalized spacial score (nSPS) is 17.9. The zero-order valence-corrected chi connectivity index (χ0v) is 11.5. The van der Waals surface area contributed by atoms with Crippen molar-refractivity contribution in [1.29, 1.82) is 0 Å². The summed E-state index contributed by atoms with van der Waals surface area (Å²) in [5.74, 6) is -0.159. The highest BCUT2D eigenvalue weighted by atomic mass is 16.4. The van der Waals surface area contributed by atoms with Gasteiger partial charge in [0.25, 0.3) is 0 Å². The first-order valence-corrected chi connectivity index (χ1v) is 6.68. The molecule has 5 nitrogen and oxygen atoms in total. The average Bonchev–Trinajstić information content (AvgIpc) is 3.15. The van der Waals surface area contributed by atoms with E-state index in [1.165, 1.54) is 12.8 Å². The van der Waals surface area contributed by atoms with Gasteiger partial charge in [-0.2, -0.15) is 0 Å². The highest BCUT2D eigenvalue weighted by molar-refractivity contribution is 5.74. The minimum absolute atomic E-state index is 0.0103. The van der Waals surface area contributed by atoms with Crippen molar-refractivity contribution in [1.82, 2.24) is 10.2 Å². The molecular weight excluding hydrogens is 232 g/mol. The van der Waals surface area contributed by atoms with E-state index in [0.717, 1.165) is 6.42 Å². The van der Waals surface area contributed by atoms with Crippen molar-refractivity contribution in [3.05, 3.63) is 0 Å². The van der Waals surface area contributed by atoms with Crippen LogP contribution in [0, 0.1) is 11.8 Å². The lowest BCUT2D eigenvalue weighted by Crippen LogP contribution is -2.44. The van der Waals surface area contributed by atoms with Gasteiger partial charge in [-0.25, -0.2) is 4.79 Å². The number of carbonyl (C=O) groups is 2. The molecule has 1 aliphatic carbocycles. The molecule has 2 N–H and O–H groups in total. The van der Waals surface area contributed by atoms with Crippen LogP contribution in [0.15, 0.2) is 0 Å². The van der Waals surface area contributed by atoms with Crippen LogP contribution in [-0.4, -0.2) is 41.6 Å². The summed E-state index contributed by atoms with van der Waals surface area (Å²) in [6.07, 6.45) is 3.28. The lowest BCUT2D eigenvalue weighted by atomic mass is 10.0. The third-order valence-electron chi connectivity index (χ3n) is 3.82. The largest absolute Gasteiger partial charge is 0.481 e. The summed E-state index contributed by atoms with van der Waals surface area (Å²) in [7, 11) is 1.80. The molecule has 0 radical (unpaired) electrons. The summed E-state index contributed by atoms with van der Waals surface area (Å²) in [4.78, 5) is 24.2. The number of nitrogens with one attached hydrogen (secondary N) is 1. The molecular formula is C13H24N2O3. The van der Waals surface area contributed by atoms with Crippen LogP contribution in [0.4, 0.5) is 4.79 Å². The van der Waals surface area contributed by atoms with Gasteiger partial charge in [-0.15, -0.1) is 0 Å². The third-order valence-corrected chi connectivity index (χ3v) is 3.82. The van der Waals surface area contributed by atoms with Crippen molar-refractivity contribution in [3.63, 3.8) is 0 Å². The van der Waals surface area contributed by atoms with Gasteiger partial charge in [-0.1, -0.05) is 13.3 Å². The molecule has 0 heterocycles. The van der Waals surface area contributed by atoms with Gasteiger partial charge in [0.2, 0.25) is 0 Å². The summed E-state index contributed by atoms with van der Waals surface area (Å²) in [5, 5.41) is 11.6. The van der Waals surface area contributed by atoms with E-state index in [1.807, 2.05) is 6.92 Å². The summed E-state index contributed by atoms with van der Waals surface area (Å²) in [5.41, 5.74) is 0. The number of hydrogen-bond donors (Lipinski definition) is 2. The van der Waals surface area contributed by atoms with Gasteiger partial charge in [-0.05, 0) is 31.6 Å². The van der Waals surface area contributed by atoms with Crippen molar-refractivity contribution < 1.29 is 14.7 Å². The third kappa shape index (κ3) is 4.55. The molecule has 2 atom stereocenters. The van der Waals surface area contributed by atoms with E-state index in [4.69, 9.17) is 5.11 Å². The molecule has 1 aliphatic rings. The van der Waals surface area contributed by atoms with Crippen molar-refractivity contribution in [2.24, 2.45) is 11.8 Å². The van der Waals surface area contributed by atoms with E-state index in [0.29, 0.717) is 12.5 Å². The predicted octanol–water partition coefficient (Wildman–Crippen LogP) is 1.93. The van der Waals surface area contributed by atoms with Gasteiger partial charge in [0.1, 0.15) is 0 Å². The minimum atomic E-state index is -0.809. The van der Waals surface area contributed by atoms with Gasteiger partial charge in [0.05, 0.1) is 0 Å². The molecule has 1 saturated carbocycles. The number of carboxylic acids is 1. The van der Waals surface area contributed by atoms with Gasteiger partial charge < -0.3 is 15.3 Å². The molecule has 0 bridgehead atoms. The standard InChI is InChI=1S/C13H24N2O3/c1-4-10(7-12(16)17)8-14-13(18)15(3)9(2)11-5-6-11/h9-11H,4-8H2,1-3H3,(H,14,18)(H,16,17). The second-order valence-corrected chi connectivity index (χ2v) is 5.25. The predicted molar refractivity (Wildman–Crippen MR) is 69.4 cm³/mol. The lowest BCUT2D eigenvalue weighted by molar-refractivity contribution is -0.138. The molecule has 5 heteroatoms. The topological polar surface area (TPSA) is 69.6 Å². The van der Waals surface area contributed by atoms with Crippen LogP contribution in [-0.2, 0) is 4.79 Å². The lowest BCUT2D eigenvalue weighted by Gasteiger charge is -2.26. The summed E-state index contributed by atoms with van der Waals surface area (Å²) >= 11 is 0. The number of carbonyl (C=O) groups excluding carboxylic acids is 1. The Morgan fingerprint density at radius 3 is 2.50 bits per heavy atom. The molecule has 0 aliphatic heterocycles. The van der Waals surface area contributed by atoms with E-state index in [-0.39, 0.29) is 24.4 Å². The molecule has 18 heavy (non-hydrogen) atoms. The molecule has 0 aromatic carbocycles. The van der Waals surface area contributed by atoms with Gasteiger partial charge in [-0.3, -0.25) is 4.79 Å². The van der Waals surface area contributed by atoms with Gasteiger partial charge in [0.15, 0.2) is 0 Å². The Kier molecular flexibility index (Phi) is 5.44. The molecule has 2 unspecified atom stereocenters. The zero-order valence-electron chi connectivity index (χ0n) is 11.5. The molecule has 2 amide bonds. The Morgan fingerprint density at radius 2 is 2.06 bits per heavy atom. The number of aliphatic carboxylic acids is 1. The second kappa shape index (κ2) is 6.61. The summed E-state index contributed by atoms with van der Waals surface area (Å²) in [6, 6.07) is 0.169. The molecule has 1 rings (SSSR count). The highest BCUT2D eigenvalue weighted by Gasteiger charge is 2.32. The Bertz CT molecular complexity index is 303. The van der Waals surface area contributed by atoms with E-state index >= 15 is 0 Å². The van der Waals surface area contributed by atoms with Crippen molar-refractivity contribution in [2.75, 3.05) is 13.6 Å². The Labute approximate surface area is 109 Å². The number of carboxylic acid groups (broad SMARTS) is 1. The highest BCUT2D eigenvalue weighted by Crippen LogP contribution is 2.34. The fraction of sp³-hybridized carbons (Fsp3) is 0.846. The summed E-state index contributed by atoms with van der Waals surface area (Å²) < 4.78 is 0. The van der Waals surface area contributed by atoms with E-state index < -0.39 is 5.97 Å². The first-order valence-electron chi connectivity index (χ1n) is 6.68. The van der Waals surface area contributed by atoms with Crippen molar-refractivity contribution >= 4 is 12.0 Å². The number of amides is 2. The van der Waals surface area contributed by atoms with Gasteiger partial charge >= 0.3 is 12.0 Å². The maximum Gasteiger partial charge on any atom is 0.317 e. The van der Waals surface area contributed by atoms with Crippen LogP contribution in [0.5, 0.6) is 0 Å². The second-order valence-electron chi connectivity index (χ2n) is 5.25. The maximum atomic E-state index is 11.9. The average molecular weight is 256 g/mol.